The SMILES string of the molecule is CC1(N)C=C2C=CC=CN2N1.N. The average Bonchev–Trinajstić information content (AvgIpc) is 2.21. The highest BCUT2D eigenvalue weighted by Crippen LogP contribution is 2.20. The maximum absolute atomic E-state index is 5.84. The second-order valence-electron chi connectivity index (χ2n) is 3.03. The first-order valence-electron chi connectivity index (χ1n) is 3.61. The first-order valence-corrected chi connectivity index (χ1v) is 3.61. The topological polar surface area (TPSA) is 76.3 Å². The fraction of sp³-hybridized carbons (Fsp3) is 0.250. The predicted octanol–water partition coefficient (Wildman–Crippen LogP) is 0.611. The Morgan fingerprint density at radius 2 is 2.25 bits per heavy atom. The van der Waals surface area contributed by atoms with E-state index in [4.69, 9.17) is 5.73 Å². The van der Waals surface area contributed by atoms with Crippen LogP contribution in [0, 0.1) is 0 Å². The zero-order valence-corrected chi connectivity index (χ0v) is 7.12. The Bertz CT molecular complexity index is 262. The lowest BCUT2D eigenvalue weighted by atomic mass is 10.2. The number of hydrazine groups is 1. The molecule has 0 aliphatic carbocycles. The molecule has 0 radical (unpaired) electrons. The van der Waals surface area contributed by atoms with E-state index in [-0.39, 0.29) is 6.15 Å². The molecule has 0 fully saturated rings. The maximum Gasteiger partial charge on any atom is 0.103 e. The summed E-state index contributed by atoms with van der Waals surface area (Å²) in [6.07, 6.45) is 9.92. The first kappa shape index (κ1) is 8.99. The van der Waals surface area contributed by atoms with Gasteiger partial charge in [0.25, 0.3) is 0 Å². The molecule has 2 heterocycles. The Kier molecular flexibility index (Phi) is 2.06. The van der Waals surface area contributed by atoms with Gasteiger partial charge in [0.1, 0.15) is 5.66 Å². The highest BCUT2D eigenvalue weighted by atomic mass is 15.6. The lowest BCUT2D eigenvalue weighted by Crippen LogP contribution is -2.49. The van der Waals surface area contributed by atoms with E-state index < -0.39 is 5.66 Å². The molecule has 0 saturated carbocycles. The molecule has 0 bridgehead atoms. The van der Waals surface area contributed by atoms with Crippen molar-refractivity contribution in [3.05, 3.63) is 36.2 Å². The number of nitrogens with one attached hydrogen (secondary N) is 1. The van der Waals surface area contributed by atoms with Gasteiger partial charge in [-0.1, -0.05) is 6.08 Å². The standard InChI is InChI=1S/C8H11N3.H3N/c1-8(9)6-7-4-2-3-5-11(7)10-8;/h2-6,10H,9H2,1H3;1H3. The summed E-state index contributed by atoms with van der Waals surface area (Å²) in [4.78, 5) is 0. The Morgan fingerprint density at radius 3 is 2.92 bits per heavy atom. The van der Waals surface area contributed by atoms with Crippen LogP contribution in [0.3, 0.4) is 0 Å². The van der Waals surface area contributed by atoms with Gasteiger partial charge >= 0.3 is 0 Å². The van der Waals surface area contributed by atoms with Gasteiger partial charge in [-0.25, -0.2) is 5.43 Å². The molecule has 0 spiro atoms. The third-order valence-corrected chi connectivity index (χ3v) is 1.70. The molecule has 0 aromatic heterocycles. The van der Waals surface area contributed by atoms with Crippen molar-refractivity contribution in [2.45, 2.75) is 12.6 Å². The van der Waals surface area contributed by atoms with Gasteiger partial charge in [-0.15, -0.1) is 0 Å². The Morgan fingerprint density at radius 1 is 1.50 bits per heavy atom. The van der Waals surface area contributed by atoms with Crippen molar-refractivity contribution < 1.29 is 0 Å². The number of rotatable bonds is 0. The van der Waals surface area contributed by atoms with E-state index in [2.05, 4.69) is 5.43 Å². The van der Waals surface area contributed by atoms with Gasteiger partial charge in [-0.05, 0) is 25.2 Å². The minimum Gasteiger partial charge on any atom is -0.344 e. The molecule has 4 heteroatoms. The van der Waals surface area contributed by atoms with Crippen molar-refractivity contribution in [2.75, 3.05) is 0 Å². The van der Waals surface area contributed by atoms with E-state index in [1.54, 1.807) is 0 Å². The molecule has 12 heavy (non-hydrogen) atoms. The number of nitrogens with zero attached hydrogens (tertiary/aromatic N) is 1. The van der Waals surface area contributed by atoms with Crippen molar-refractivity contribution in [1.29, 1.82) is 0 Å². The summed E-state index contributed by atoms with van der Waals surface area (Å²) in [7, 11) is 0. The van der Waals surface area contributed by atoms with E-state index in [1.807, 2.05) is 42.4 Å². The molecular weight excluding hydrogens is 152 g/mol. The smallest absolute Gasteiger partial charge is 0.103 e. The van der Waals surface area contributed by atoms with Gasteiger partial charge in [-0.3, -0.25) is 5.01 Å². The van der Waals surface area contributed by atoms with Gasteiger partial charge in [-0.2, -0.15) is 0 Å². The molecule has 1 unspecified atom stereocenters. The lowest BCUT2D eigenvalue weighted by molar-refractivity contribution is 0.289. The van der Waals surface area contributed by atoms with E-state index >= 15 is 0 Å². The molecule has 0 aromatic carbocycles. The lowest BCUT2D eigenvalue weighted by Gasteiger charge is -2.22. The Labute approximate surface area is 72.0 Å². The Hall–Kier alpha value is -1.10. The Balaban J connectivity index is 0.000000720. The van der Waals surface area contributed by atoms with Crippen molar-refractivity contribution in [1.82, 2.24) is 16.6 Å². The molecular formula is C8H14N4. The van der Waals surface area contributed by atoms with E-state index in [0.29, 0.717) is 0 Å². The summed E-state index contributed by atoms with van der Waals surface area (Å²) in [5.74, 6) is 0. The minimum absolute atomic E-state index is 0. The second kappa shape index (κ2) is 2.75. The molecule has 1 atom stereocenters. The van der Waals surface area contributed by atoms with Crippen molar-refractivity contribution >= 4 is 0 Å². The molecule has 2 aliphatic heterocycles. The molecule has 2 aliphatic rings. The summed E-state index contributed by atoms with van der Waals surface area (Å²) >= 11 is 0. The van der Waals surface area contributed by atoms with Crippen LogP contribution in [0.5, 0.6) is 0 Å². The highest BCUT2D eigenvalue weighted by Gasteiger charge is 2.26. The molecule has 66 valence electrons. The number of hydrogen-bond donors (Lipinski definition) is 3. The summed E-state index contributed by atoms with van der Waals surface area (Å²) in [5.41, 5.74) is 9.65. The van der Waals surface area contributed by atoms with Crippen LogP contribution in [-0.4, -0.2) is 10.7 Å². The van der Waals surface area contributed by atoms with Gasteiger partial charge in [0.15, 0.2) is 0 Å². The van der Waals surface area contributed by atoms with Crippen LogP contribution in [0.2, 0.25) is 0 Å². The van der Waals surface area contributed by atoms with Crippen molar-refractivity contribution in [2.24, 2.45) is 5.73 Å². The largest absolute Gasteiger partial charge is 0.344 e. The monoisotopic (exact) mass is 166 g/mol. The first-order chi connectivity index (χ1) is 5.17. The van der Waals surface area contributed by atoms with Gasteiger partial charge in [0.05, 0.1) is 5.70 Å². The summed E-state index contributed by atoms with van der Waals surface area (Å²) in [6, 6.07) is 0. The van der Waals surface area contributed by atoms with E-state index in [9.17, 15) is 0 Å². The van der Waals surface area contributed by atoms with Crippen LogP contribution in [-0.2, 0) is 0 Å². The number of allylic oxidation sites excluding steroid dienone is 3. The molecule has 0 aromatic rings. The second-order valence-corrected chi connectivity index (χ2v) is 3.03. The minimum atomic E-state index is -0.408. The quantitative estimate of drug-likeness (QED) is 0.493. The summed E-state index contributed by atoms with van der Waals surface area (Å²) < 4.78 is 0. The maximum atomic E-state index is 5.84. The van der Waals surface area contributed by atoms with E-state index in [0.717, 1.165) is 5.70 Å². The van der Waals surface area contributed by atoms with Crippen LogP contribution in [0.4, 0.5) is 0 Å². The molecule has 4 nitrogen and oxygen atoms in total. The van der Waals surface area contributed by atoms with Gasteiger partial charge in [0.2, 0.25) is 0 Å². The van der Waals surface area contributed by atoms with Crippen LogP contribution in [0.25, 0.3) is 0 Å². The third kappa shape index (κ3) is 1.40. The summed E-state index contributed by atoms with van der Waals surface area (Å²) in [5, 5.41) is 1.92. The number of fused-ring (bicyclic) bond motifs is 1. The van der Waals surface area contributed by atoms with Gasteiger partial charge in [0, 0.05) is 6.20 Å². The number of hydrogen-bond acceptors (Lipinski definition) is 4. The molecule has 6 N–H and O–H groups in total. The average molecular weight is 166 g/mol. The number of nitrogens with two attached hydrogens (primary N) is 1. The van der Waals surface area contributed by atoms with Crippen molar-refractivity contribution in [3.63, 3.8) is 0 Å². The zero-order chi connectivity index (χ0) is 7.90. The predicted molar refractivity (Wildman–Crippen MR) is 49.0 cm³/mol. The van der Waals surface area contributed by atoms with Crippen LogP contribution in [0.15, 0.2) is 36.2 Å². The zero-order valence-electron chi connectivity index (χ0n) is 7.12. The van der Waals surface area contributed by atoms with Crippen LogP contribution in [0.1, 0.15) is 6.92 Å². The summed E-state index contributed by atoms with van der Waals surface area (Å²) in [6.45, 7) is 1.93. The highest BCUT2D eigenvalue weighted by molar-refractivity contribution is 5.33. The fourth-order valence-electron chi connectivity index (χ4n) is 1.27. The normalized spacial score (nSPS) is 31.2. The van der Waals surface area contributed by atoms with E-state index in [1.165, 1.54) is 0 Å². The van der Waals surface area contributed by atoms with Crippen LogP contribution < -0.4 is 17.3 Å². The fourth-order valence-corrected chi connectivity index (χ4v) is 1.27. The third-order valence-electron chi connectivity index (χ3n) is 1.70. The molecule has 0 amide bonds. The molecule has 2 rings (SSSR count). The van der Waals surface area contributed by atoms with Crippen molar-refractivity contribution in [3.8, 4) is 0 Å². The van der Waals surface area contributed by atoms with Gasteiger partial charge < -0.3 is 11.9 Å². The molecule has 0 saturated heterocycles. The van der Waals surface area contributed by atoms with Crippen LogP contribution >= 0.6 is 0 Å².